The first-order valence-corrected chi connectivity index (χ1v) is 9.09. The van der Waals surface area contributed by atoms with Gasteiger partial charge in [0, 0.05) is 42.3 Å². The molecule has 3 heterocycles. The van der Waals surface area contributed by atoms with Crippen LogP contribution in [0.3, 0.4) is 0 Å². The Bertz CT molecular complexity index is 682. The van der Waals surface area contributed by atoms with Crippen molar-refractivity contribution in [3.8, 4) is 0 Å². The molecule has 0 unspecified atom stereocenters. The summed E-state index contributed by atoms with van der Waals surface area (Å²) in [5.41, 5.74) is 0.657. The molecule has 3 rings (SSSR count). The summed E-state index contributed by atoms with van der Waals surface area (Å²) >= 11 is 1.78. The highest BCUT2D eigenvalue weighted by Crippen LogP contribution is 2.37. The van der Waals surface area contributed by atoms with Gasteiger partial charge < -0.3 is 4.90 Å². The molecule has 5 nitrogen and oxygen atoms in total. The molecule has 23 heavy (non-hydrogen) atoms. The lowest BCUT2D eigenvalue weighted by atomic mass is 9.81. The average molecular weight is 332 g/mol. The first-order valence-electron chi connectivity index (χ1n) is 8.27. The molecule has 0 atom stereocenters. The fraction of sp³-hybridized carbons (Fsp3) is 0.588. The summed E-state index contributed by atoms with van der Waals surface area (Å²) in [7, 11) is 0. The van der Waals surface area contributed by atoms with Crippen LogP contribution in [0.5, 0.6) is 0 Å². The molecule has 0 bridgehead atoms. The zero-order valence-corrected chi connectivity index (χ0v) is 14.9. The summed E-state index contributed by atoms with van der Waals surface area (Å²) in [6, 6.07) is 1.83. The Kier molecular flexibility index (Phi) is 4.53. The van der Waals surface area contributed by atoms with Crippen LogP contribution >= 0.6 is 11.3 Å². The monoisotopic (exact) mass is 332 g/mol. The summed E-state index contributed by atoms with van der Waals surface area (Å²) in [6.45, 7) is 8.87. The summed E-state index contributed by atoms with van der Waals surface area (Å²) < 4.78 is 1.85. The van der Waals surface area contributed by atoms with Crippen LogP contribution in [-0.2, 0) is 12.0 Å². The van der Waals surface area contributed by atoms with Gasteiger partial charge in [-0.15, -0.1) is 11.3 Å². The van der Waals surface area contributed by atoms with Crippen LogP contribution in [0.25, 0.3) is 0 Å². The topological polar surface area (TPSA) is 51.0 Å². The Morgan fingerprint density at radius 1 is 1.39 bits per heavy atom. The number of piperidine rings is 1. The molecule has 1 aliphatic rings. The lowest BCUT2D eigenvalue weighted by molar-refractivity contribution is 0.0669. The molecule has 0 radical (unpaired) electrons. The zero-order valence-electron chi connectivity index (χ0n) is 14.1. The number of thiazole rings is 1. The van der Waals surface area contributed by atoms with Crippen molar-refractivity contribution in [3.63, 3.8) is 0 Å². The van der Waals surface area contributed by atoms with Gasteiger partial charge in [-0.3, -0.25) is 9.48 Å². The van der Waals surface area contributed by atoms with Crippen molar-refractivity contribution >= 4 is 17.2 Å². The average Bonchev–Trinajstić information content (AvgIpc) is 3.17. The van der Waals surface area contributed by atoms with E-state index in [-0.39, 0.29) is 11.3 Å². The van der Waals surface area contributed by atoms with Crippen LogP contribution in [0.4, 0.5) is 0 Å². The quantitative estimate of drug-likeness (QED) is 0.863. The molecule has 0 saturated carbocycles. The Hall–Kier alpha value is -1.69. The first kappa shape index (κ1) is 16.2. The Balaban J connectivity index is 1.65. The fourth-order valence-corrected chi connectivity index (χ4v) is 4.01. The number of carbonyl (C=O) groups is 1. The maximum Gasteiger partial charge on any atom is 0.274 e. The molecule has 0 N–H and O–H groups in total. The molecule has 1 fully saturated rings. The highest BCUT2D eigenvalue weighted by molar-refractivity contribution is 7.11. The largest absolute Gasteiger partial charge is 0.337 e. The molecule has 124 valence electrons. The van der Waals surface area contributed by atoms with Crippen molar-refractivity contribution in [3.05, 3.63) is 34.0 Å². The summed E-state index contributed by atoms with van der Waals surface area (Å²) in [4.78, 5) is 20.4. The van der Waals surface area contributed by atoms with E-state index >= 15 is 0 Å². The van der Waals surface area contributed by atoms with E-state index in [4.69, 9.17) is 0 Å². The molecule has 0 aromatic carbocycles. The number of nitrogens with zero attached hydrogens (tertiary/aromatic N) is 4. The predicted molar refractivity (Wildman–Crippen MR) is 91.9 cm³/mol. The van der Waals surface area contributed by atoms with Gasteiger partial charge in [0.25, 0.3) is 5.91 Å². The van der Waals surface area contributed by atoms with Crippen molar-refractivity contribution in [2.75, 3.05) is 13.1 Å². The number of carbonyl (C=O) groups excluding carboxylic acids is 1. The molecule has 2 aromatic heterocycles. The standard InChI is InChI=1S/C17H24N4OS/c1-4-8-21-9-5-14(19-21)15(22)20-10-6-17(3,7-11-20)16-18-12-13(2)23-16/h5,9,12H,4,6-8,10-11H2,1-3H3. The van der Waals surface area contributed by atoms with Gasteiger partial charge in [-0.05, 0) is 32.3 Å². The van der Waals surface area contributed by atoms with E-state index in [2.05, 4.69) is 30.9 Å². The van der Waals surface area contributed by atoms with E-state index in [1.807, 2.05) is 28.0 Å². The Morgan fingerprint density at radius 3 is 2.74 bits per heavy atom. The van der Waals surface area contributed by atoms with Gasteiger partial charge in [0.05, 0.1) is 5.01 Å². The van der Waals surface area contributed by atoms with E-state index in [0.717, 1.165) is 38.9 Å². The normalized spacial score (nSPS) is 17.4. The van der Waals surface area contributed by atoms with E-state index in [0.29, 0.717) is 5.69 Å². The molecular weight excluding hydrogens is 308 g/mol. The molecule has 1 aliphatic heterocycles. The molecule has 2 aromatic rings. The number of aryl methyl sites for hydroxylation is 2. The number of rotatable bonds is 4. The minimum absolute atomic E-state index is 0.0530. The predicted octanol–water partition coefficient (Wildman–Crippen LogP) is 3.25. The molecule has 0 aliphatic carbocycles. The molecule has 0 spiro atoms. The van der Waals surface area contributed by atoms with Crippen molar-refractivity contribution in [1.29, 1.82) is 0 Å². The maximum absolute atomic E-state index is 12.6. The molecule has 1 amide bonds. The van der Waals surface area contributed by atoms with E-state index in [1.165, 1.54) is 9.88 Å². The lowest BCUT2D eigenvalue weighted by Gasteiger charge is -2.37. The molecule has 6 heteroatoms. The van der Waals surface area contributed by atoms with Gasteiger partial charge in [-0.2, -0.15) is 5.10 Å². The molecule has 1 saturated heterocycles. The second-order valence-electron chi connectivity index (χ2n) is 6.59. The number of likely N-dealkylation sites (tertiary alicyclic amines) is 1. The third-order valence-electron chi connectivity index (χ3n) is 4.60. The number of amides is 1. The maximum atomic E-state index is 12.6. The summed E-state index contributed by atoms with van der Waals surface area (Å²) in [5, 5.41) is 5.59. The lowest BCUT2D eigenvalue weighted by Crippen LogP contribution is -2.44. The van der Waals surface area contributed by atoms with Gasteiger partial charge in [-0.1, -0.05) is 13.8 Å². The van der Waals surface area contributed by atoms with Gasteiger partial charge in [0.15, 0.2) is 0 Å². The highest BCUT2D eigenvalue weighted by atomic mass is 32.1. The van der Waals surface area contributed by atoms with Crippen molar-refractivity contribution in [2.24, 2.45) is 0 Å². The Labute approximate surface area is 141 Å². The minimum Gasteiger partial charge on any atom is -0.337 e. The van der Waals surface area contributed by atoms with Crippen LogP contribution in [0.1, 0.15) is 53.5 Å². The fourth-order valence-electron chi connectivity index (χ4n) is 3.04. The third-order valence-corrected chi connectivity index (χ3v) is 5.82. The van der Waals surface area contributed by atoms with Crippen LogP contribution in [-0.4, -0.2) is 38.7 Å². The number of hydrogen-bond acceptors (Lipinski definition) is 4. The number of aromatic nitrogens is 3. The van der Waals surface area contributed by atoms with Crippen LogP contribution in [0, 0.1) is 6.92 Å². The van der Waals surface area contributed by atoms with Gasteiger partial charge >= 0.3 is 0 Å². The highest BCUT2D eigenvalue weighted by Gasteiger charge is 2.36. The van der Waals surface area contributed by atoms with Crippen LogP contribution in [0.15, 0.2) is 18.5 Å². The second-order valence-corrected chi connectivity index (χ2v) is 7.83. The van der Waals surface area contributed by atoms with Crippen LogP contribution in [0.2, 0.25) is 0 Å². The minimum atomic E-state index is 0.0530. The second kappa shape index (κ2) is 6.43. The first-order chi connectivity index (χ1) is 11.0. The van der Waals surface area contributed by atoms with E-state index in [1.54, 1.807) is 11.3 Å². The van der Waals surface area contributed by atoms with Gasteiger partial charge in [-0.25, -0.2) is 4.98 Å². The van der Waals surface area contributed by atoms with Gasteiger partial charge in [0.2, 0.25) is 0 Å². The smallest absolute Gasteiger partial charge is 0.274 e. The van der Waals surface area contributed by atoms with Crippen LogP contribution < -0.4 is 0 Å². The summed E-state index contributed by atoms with van der Waals surface area (Å²) in [6.07, 6.45) is 6.78. The third kappa shape index (κ3) is 3.32. The molecular formula is C17H24N4OS. The van der Waals surface area contributed by atoms with E-state index < -0.39 is 0 Å². The zero-order chi connectivity index (χ0) is 16.4. The SMILES string of the molecule is CCCn1ccc(C(=O)N2CCC(C)(c3ncc(C)s3)CC2)n1. The van der Waals surface area contributed by atoms with Gasteiger partial charge in [0.1, 0.15) is 5.69 Å². The Morgan fingerprint density at radius 2 is 2.13 bits per heavy atom. The van der Waals surface area contributed by atoms with Crippen molar-refractivity contribution in [2.45, 2.75) is 52.0 Å². The van der Waals surface area contributed by atoms with E-state index in [9.17, 15) is 4.79 Å². The number of hydrogen-bond donors (Lipinski definition) is 0. The van der Waals surface area contributed by atoms with Crippen molar-refractivity contribution < 1.29 is 4.79 Å². The van der Waals surface area contributed by atoms with Crippen molar-refractivity contribution in [1.82, 2.24) is 19.7 Å². The summed E-state index contributed by atoms with van der Waals surface area (Å²) in [5.74, 6) is 0.0530.